The van der Waals surface area contributed by atoms with E-state index in [-0.39, 0.29) is 12.2 Å². The molecule has 0 aliphatic carbocycles. The minimum atomic E-state index is -1.79. The van der Waals surface area contributed by atoms with Gasteiger partial charge in [0.15, 0.2) is 5.60 Å². The summed E-state index contributed by atoms with van der Waals surface area (Å²) in [6.45, 7) is 2.45. The van der Waals surface area contributed by atoms with E-state index < -0.39 is 11.5 Å². The lowest BCUT2D eigenvalue weighted by Crippen LogP contribution is -2.41. The van der Waals surface area contributed by atoms with Crippen LogP contribution in [0.1, 0.15) is 56.6 Å². The van der Waals surface area contributed by atoms with E-state index >= 15 is 0 Å². The van der Waals surface area contributed by atoms with Gasteiger partial charge in [-0.15, -0.1) is 0 Å². The van der Waals surface area contributed by atoms with Gasteiger partial charge in [0.05, 0.1) is 19.3 Å². The van der Waals surface area contributed by atoms with Gasteiger partial charge in [0.25, 0.3) is 5.91 Å². The number of nitrogens with zero attached hydrogens (tertiary/aromatic N) is 1. The van der Waals surface area contributed by atoms with Crippen molar-refractivity contribution < 1.29 is 19.4 Å². The molecule has 1 heterocycles. The van der Waals surface area contributed by atoms with E-state index in [2.05, 4.69) is 6.92 Å². The lowest BCUT2D eigenvalue weighted by Gasteiger charge is -2.23. The molecule has 1 aliphatic rings. The van der Waals surface area contributed by atoms with Crippen molar-refractivity contribution in [1.29, 1.82) is 0 Å². The molecule has 2 aromatic carbocycles. The smallest absolute Gasteiger partial charge is 0.264 e. The normalized spacial score (nSPS) is 18.0. The van der Waals surface area contributed by atoms with Crippen LogP contribution in [0.15, 0.2) is 48.5 Å². The zero-order chi connectivity index (χ0) is 20.9. The number of aliphatic hydroxyl groups is 1. The number of Topliss-reactive ketones (excluding diaryl/α,β-unsaturated/α-hetero) is 1. The minimum Gasteiger partial charge on any atom is -0.497 e. The maximum Gasteiger partial charge on any atom is 0.264 e. The van der Waals surface area contributed by atoms with Crippen molar-refractivity contribution in [1.82, 2.24) is 0 Å². The Hall–Kier alpha value is -2.66. The Morgan fingerprint density at radius 2 is 1.79 bits per heavy atom. The van der Waals surface area contributed by atoms with E-state index in [1.807, 2.05) is 36.4 Å². The molecule has 3 rings (SSSR count). The number of carbonyl (C=O) groups excluding carboxylic acids is 2. The third kappa shape index (κ3) is 4.51. The Labute approximate surface area is 172 Å². The molecule has 1 atom stereocenters. The first kappa shape index (κ1) is 21.1. The number of hydrogen-bond acceptors (Lipinski definition) is 4. The van der Waals surface area contributed by atoms with Gasteiger partial charge in [0, 0.05) is 18.4 Å². The monoisotopic (exact) mass is 395 g/mol. The van der Waals surface area contributed by atoms with E-state index in [9.17, 15) is 14.7 Å². The highest BCUT2D eigenvalue weighted by Crippen LogP contribution is 2.43. The summed E-state index contributed by atoms with van der Waals surface area (Å²) in [6, 6.07) is 14.7. The Kier molecular flexibility index (Phi) is 6.70. The number of para-hydroxylation sites is 1. The van der Waals surface area contributed by atoms with Gasteiger partial charge in [-0.2, -0.15) is 0 Å². The average molecular weight is 395 g/mol. The summed E-state index contributed by atoms with van der Waals surface area (Å²) in [7, 11) is 1.61. The molecule has 0 saturated heterocycles. The maximum atomic E-state index is 13.2. The van der Waals surface area contributed by atoms with E-state index in [0.29, 0.717) is 24.2 Å². The number of unbranched alkanes of at least 4 members (excludes halogenated alkanes) is 3. The number of rotatable bonds is 10. The highest BCUT2D eigenvalue weighted by Gasteiger charge is 2.50. The molecule has 1 amide bonds. The molecular formula is C24H29NO4. The summed E-state index contributed by atoms with van der Waals surface area (Å²) >= 11 is 0. The summed E-state index contributed by atoms with van der Waals surface area (Å²) in [4.78, 5) is 27.3. The number of fused-ring (bicyclic) bond motifs is 1. The van der Waals surface area contributed by atoms with Crippen molar-refractivity contribution in [2.24, 2.45) is 0 Å². The molecule has 1 unspecified atom stereocenters. The molecule has 0 radical (unpaired) electrons. The molecule has 1 N–H and O–H groups in total. The van der Waals surface area contributed by atoms with Crippen molar-refractivity contribution in [2.75, 3.05) is 12.0 Å². The predicted octanol–water partition coefficient (Wildman–Crippen LogP) is 4.36. The number of ether oxygens (including phenoxy) is 1. The van der Waals surface area contributed by atoms with Crippen LogP contribution in [0.5, 0.6) is 5.75 Å². The predicted molar refractivity (Wildman–Crippen MR) is 113 cm³/mol. The van der Waals surface area contributed by atoms with Gasteiger partial charge in [-0.05, 0) is 30.2 Å². The van der Waals surface area contributed by atoms with E-state index in [0.717, 1.165) is 37.0 Å². The number of hydrogen-bond donors (Lipinski definition) is 1. The number of carbonyl (C=O) groups is 2. The summed E-state index contributed by atoms with van der Waals surface area (Å²) in [5, 5.41) is 11.3. The Balaban J connectivity index is 1.78. The molecule has 0 spiro atoms. The van der Waals surface area contributed by atoms with Crippen LogP contribution >= 0.6 is 0 Å². The van der Waals surface area contributed by atoms with Crippen LogP contribution in [-0.2, 0) is 21.7 Å². The molecule has 29 heavy (non-hydrogen) atoms. The van der Waals surface area contributed by atoms with Crippen molar-refractivity contribution >= 4 is 17.4 Å². The van der Waals surface area contributed by atoms with Crippen LogP contribution < -0.4 is 9.64 Å². The molecule has 1 aliphatic heterocycles. The van der Waals surface area contributed by atoms with Crippen molar-refractivity contribution in [3.05, 3.63) is 59.7 Å². The van der Waals surface area contributed by atoms with Crippen molar-refractivity contribution in [3.63, 3.8) is 0 Å². The van der Waals surface area contributed by atoms with E-state index in [1.54, 1.807) is 24.1 Å². The second-order valence-electron chi connectivity index (χ2n) is 7.64. The van der Waals surface area contributed by atoms with Gasteiger partial charge >= 0.3 is 0 Å². The Morgan fingerprint density at radius 3 is 2.48 bits per heavy atom. The topological polar surface area (TPSA) is 66.8 Å². The van der Waals surface area contributed by atoms with Gasteiger partial charge in [-0.1, -0.05) is 56.5 Å². The van der Waals surface area contributed by atoms with Gasteiger partial charge in [-0.25, -0.2) is 0 Å². The minimum absolute atomic E-state index is 0.0712. The summed E-state index contributed by atoms with van der Waals surface area (Å²) in [5.74, 6) is 0.238. The van der Waals surface area contributed by atoms with Gasteiger partial charge < -0.3 is 14.7 Å². The van der Waals surface area contributed by atoms with Crippen LogP contribution in [0.25, 0.3) is 0 Å². The van der Waals surface area contributed by atoms with E-state index in [4.69, 9.17) is 4.74 Å². The molecule has 5 heteroatoms. The first-order valence-electron chi connectivity index (χ1n) is 10.3. The molecule has 0 aromatic heterocycles. The average Bonchev–Trinajstić information content (AvgIpc) is 2.94. The van der Waals surface area contributed by atoms with Crippen molar-refractivity contribution in [2.45, 2.75) is 57.6 Å². The zero-order valence-corrected chi connectivity index (χ0v) is 17.2. The molecule has 0 saturated carbocycles. The van der Waals surface area contributed by atoms with Crippen molar-refractivity contribution in [3.8, 4) is 5.75 Å². The largest absolute Gasteiger partial charge is 0.497 e. The number of methoxy groups -OCH3 is 1. The summed E-state index contributed by atoms with van der Waals surface area (Å²) in [6.07, 6.45) is 4.21. The highest BCUT2D eigenvalue weighted by atomic mass is 16.5. The lowest BCUT2D eigenvalue weighted by atomic mass is 9.88. The van der Waals surface area contributed by atoms with Gasteiger partial charge in [-0.3, -0.25) is 9.59 Å². The highest BCUT2D eigenvalue weighted by molar-refractivity contribution is 6.08. The fourth-order valence-corrected chi connectivity index (χ4v) is 3.87. The molecule has 2 aromatic rings. The quantitative estimate of drug-likeness (QED) is 0.607. The Bertz CT molecular complexity index is 861. The number of anilines is 1. The molecular weight excluding hydrogens is 366 g/mol. The third-order valence-electron chi connectivity index (χ3n) is 5.50. The van der Waals surface area contributed by atoms with Crippen LogP contribution in [0, 0.1) is 0 Å². The second kappa shape index (κ2) is 9.23. The van der Waals surface area contributed by atoms with Crippen LogP contribution in [0.4, 0.5) is 5.69 Å². The third-order valence-corrected chi connectivity index (χ3v) is 5.50. The first-order valence-corrected chi connectivity index (χ1v) is 10.3. The van der Waals surface area contributed by atoms with Crippen LogP contribution in [0.3, 0.4) is 0 Å². The number of amides is 1. The first-order chi connectivity index (χ1) is 14.0. The van der Waals surface area contributed by atoms with Gasteiger partial charge in [0.2, 0.25) is 0 Å². The summed E-state index contributed by atoms with van der Waals surface area (Å²) < 4.78 is 5.18. The van der Waals surface area contributed by atoms with Crippen LogP contribution in [-0.4, -0.2) is 23.9 Å². The fourth-order valence-electron chi connectivity index (χ4n) is 3.87. The van der Waals surface area contributed by atoms with Gasteiger partial charge in [0.1, 0.15) is 11.5 Å². The zero-order valence-electron chi connectivity index (χ0n) is 17.2. The maximum absolute atomic E-state index is 13.2. The molecule has 0 bridgehead atoms. The second-order valence-corrected chi connectivity index (χ2v) is 7.64. The van der Waals surface area contributed by atoms with Crippen LogP contribution in [0.2, 0.25) is 0 Å². The SMILES string of the molecule is CCCCCCC(=O)CC1(O)C(=O)N(Cc2ccc(OC)cc2)c2ccccc21. The Morgan fingerprint density at radius 1 is 1.07 bits per heavy atom. The lowest BCUT2D eigenvalue weighted by molar-refractivity contribution is -0.142. The van der Waals surface area contributed by atoms with E-state index in [1.165, 1.54) is 0 Å². The molecule has 154 valence electrons. The number of ketones is 1. The molecule has 0 fully saturated rings. The number of benzene rings is 2. The standard InChI is InChI=1S/C24H29NO4/c1-3-4-5-6-9-19(26)16-24(28)21-10-7-8-11-22(21)25(23(24)27)17-18-12-14-20(29-2)15-13-18/h7-8,10-15,28H,3-6,9,16-17H2,1-2H3. The summed E-state index contributed by atoms with van der Waals surface area (Å²) in [5.41, 5.74) is 0.310. The molecule has 5 nitrogen and oxygen atoms in total. The fraction of sp³-hybridized carbons (Fsp3) is 0.417.